The van der Waals surface area contributed by atoms with Crippen molar-refractivity contribution in [3.05, 3.63) is 48.0 Å². The molecule has 2 rings (SSSR count). The maximum Gasteiger partial charge on any atom is 0.193 e. The summed E-state index contributed by atoms with van der Waals surface area (Å²) in [6, 6.07) is 13.0. The summed E-state index contributed by atoms with van der Waals surface area (Å²) < 4.78 is 15.6. The van der Waals surface area contributed by atoms with Crippen LogP contribution in [0.2, 0.25) is 0 Å². The van der Waals surface area contributed by atoms with E-state index in [0.29, 0.717) is 18.3 Å². The number of aliphatic imine (C=N–C) groups is 1. The van der Waals surface area contributed by atoms with E-state index in [1.54, 1.807) is 21.3 Å². The van der Waals surface area contributed by atoms with Gasteiger partial charge in [0.15, 0.2) is 5.96 Å². The number of halogens is 1. The number of anilines is 1. The Hall–Kier alpha value is -2.16. The first-order valence-corrected chi connectivity index (χ1v) is 7.08. The first-order valence-electron chi connectivity index (χ1n) is 7.08. The maximum atomic E-state index is 5.91. The van der Waals surface area contributed by atoms with Gasteiger partial charge in [0.2, 0.25) is 0 Å². The number of hydrogen-bond donors (Lipinski definition) is 2. The molecule has 130 valence electrons. The molecule has 2 aromatic rings. The highest BCUT2D eigenvalue weighted by Crippen LogP contribution is 2.25. The van der Waals surface area contributed by atoms with Gasteiger partial charge in [-0.15, -0.1) is 24.0 Å². The van der Waals surface area contributed by atoms with Gasteiger partial charge in [0, 0.05) is 17.3 Å². The van der Waals surface area contributed by atoms with Crippen molar-refractivity contribution in [3.8, 4) is 17.2 Å². The number of benzene rings is 2. The lowest BCUT2D eigenvalue weighted by molar-refractivity contribution is 0.391. The summed E-state index contributed by atoms with van der Waals surface area (Å²) in [6.07, 6.45) is 0. The molecule has 3 N–H and O–H groups in total. The molecule has 0 aliphatic rings. The highest BCUT2D eigenvalue weighted by atomic mass is 127. The number of guanidine groups is 1. The molecule has 24 heavy (non-hydrogen) atoms. The van der Waals surface area contributed by atoms with Crippen LogP contribution in [0.15, 0.2) is 47.5 Å². The molecule has 0 atom stereocenters. The van der Waals surface area contributed by atoms with Crippen molar-refractivity contribution < 1.29 is 14.2 Å². The summed E-state index contributed by atoms with van der Waals surface area (Å²) in [5.41, 5.74) is 7.68. The van der Waals surface area contributed by atoms with Gasteiger partial charge in [-0.1, -0.05) is 0 Å². The van der Waals surface area contributed by atoms with Gasteiger partial charge in [-0.05, 0) is 36.4 Å². The zero-order chi connectivity index (χ0) is 16.7. The third-order valence-electron chi connectivity index (χ3n) is 3.28. The summed E-state index contributed by atoms with van der Waals surface area (Å²) in [7, 11) is 4.85. The highest BCUT2D eigenvalue weighted by molar-refractivity contribution is 14.0. The van der Waals surface area contributed by atoms with Crippen LogP contribution in [0.25, 0.3) is 0 Å². The van der Waals surface area contributed by atoms with Gasteiger partial charge >= 0.3 is 0 Å². The van der Waals surface area contributed by atoms with Crippen molar-refractivity contribution in [2.24, 2.45) is 10.7 Å². The monoisotopic (exact) mass is 443 g/mol. The molecule has 0 radical (unpaired) electrons. The second kappa shape index (κ2) is 9.86. The van der Waals surface area contributed by atoms with Crippen molar-refractivity contribution in [1.82, 2.24) is 0 Å². The predicted octanol–water partition coefficient (Wildman–Crippen LogP) is 3.26. The van der Waals surface area contributed by atoms with Crippen LogP contribution in [-0.4, -0.2) is 27.3 Å². The Kier molecular flexibility index (Phi) is 8.17. The Morgan fingerprint density at radius 2 is 1.58 bits per heavy atom. The molecule has 0 spiro atoms. The summed E-state index contributed by atoms with van der Waals surface area (Å²) in [4.78, 5) is 4.33. The smallest absolute Gasteiger partial charge is 0.193 e. The van der Waals surface area contributed by atoms with Crippen molar-refractivity contribution in [2.75, 3.05) is 26.6 Å². The van der Waals surface area contributed by atoms with Gasteiger partial charge in [-0.2, -0.15) is 0 Å². The number of hydrogen-bond acceptors (Lipinski definition) is 4. The van der Waals surface area contributed by atoms with Crippen LogP contribution >= 0.6 is 24.0 Å². The van der Waals surface area contributed by atoms with Gasteiger partial charge in [-0.3, -0.25) is 0 Å². The standard InChI is InChI=1S/C17H21N3O3.HI/c1-21-14-8-5-13(6-9-14)20-17(18)19-11-12-4-7-15(22-2)10-16(12)23-3;/h4-10H,11H2,1-3H3,(H3,18,19,20);1H. The summed E-state index contributed by atoms with van der Waals surface area (Å²) in [6.45, 7) is 0.405. The van der Waals surface area contributed by atoms with Crippen LogP contribution < -0.4 is 25.3 Å². The lowest BCUT2D eigenvalue weighted by atomic mass is 10.2. The Morgan fingerprint density at radius 1 is 0.958 bits per heavy atom. The molecular formula is C17H22IN3O3. The molecule has 0 fully saturated rings. The van der Waals surface area contributed by atoms with Gasteiger partial charge in [-0.25, -0.2) is 4.99 Å². The van der Waals surface area contributed by atoms with Crippen molar-refractivity contribution >= 4 is 35.6 Å². The van der Waals surface area contributed by atoms with E-state index in [2.05, 4.69) is 10.3 Å². The molecule has 0 aromatic heterocycles. The highest BCUT2D eigenvalue weighted by Gasteiger charge is 2.05. The van der Waals surface area contributed by atoms with Gasteiger partial charge in [0.05, 0.1) is 27.9 Å². The van der Waals surface area contributed by atoms with E-state index in [9.17, 15) is 0 Å². The molecule has 0 aliphatic carbocycles. The van der Waals surface area contributed by atoms with E-state index in [-0.39, 0.29) is 24.0 Å². The second-order valence-electron chi connectivity index (χ2n) is 4.73. The fourth-order valence-corrected chi connectivity index (χ4v) is 2.01. The van der Waals surface area contributed by atoms with E-state index in [4.69, 9.17) is 19.9 Å². The van der Waals surface area contributed by atoms with Crippen LogP contribution in [-0.2, 0) is 6.54 Å². The number of rotatable bonds is 6. The van der Waals surface area contributed by atoms with E-state index < -0.39 is 0 Å². The van der Waals surface area contributed by atoms with Crippen LogP contribution in [0.5, 0.6) is 17.2 Å². The minimum atomic E-state index is 0. The molecule has 0 heterocycles. The van der Waals surface area contributed by atoms with Gasteiger partial charge in [0.1, 0.15) is 17.2 Å². The summed E-state index contributed by atoms with van der Waals surface area (Å²) in [5.74, 6) is 2.56. The molecule has 7 heteroatoms. The third-order valence-corrected chi connectivity index (χ3v) is 3.28. The Morgan fingerprint density at radius 3 is 2.17 bits per heavy atom. The first-order chi connectivity index (χ1) is 11.2. The predicted molar refractivity (Wildman–Crippen MR) is 107 cm³/mol. The van der Waals surface area contributed by atoms with Crippen LogP contribution in [0.1, 0.15) is 5.56 Å². The van der Waals surface area contributed by atoms with E-state index in [1.165, 1.54) is 0 Å². The quantitative estimate of drug-likeness (QED) is 0.407. The normalized spacial score (nSPS) is 10.5. The molecule has 0 unspecified atom stereocenters. The summed E-state index contributed by atoms with van der Waals surface area (Å²) in [5, 5.41) is 3.03. The molecule has 0 saturated carbocycles. The average molecular weight is 443 g/mol. The zero-order valence-electron chi connectivity index (χ0n) is 13.9. The van der Waals surface area contributed by atoms with Crippen LogP contribution in [0, 0.1) is 0 Å². The van der Waals surface area contributed by atoms with Crippen molar-refractivity contribution in [2.45, 2.75) is 6.54 Å². The van der Waals surface area contributed by atoms with E-state index >= 15 is 0 Å². The number of nitrogens with zero attached hydrogens (tertiary/aromatic N) is 1. The Balaban J connectivity index is 0.00000288. The lowest BCUT2D eigenvalue weighted by Gasteiger charge is -2.10. The first kappa shape index (κ1) is 19.9. The average Bonchev–Trinajstić information content (AvgIpc) is 2.60. The van der Waals surface area contributed by atoms with Crippen molar-refractivity contribution in [1.29, 1.82) is 0 Å². The molecule has 6 nitrogen and oxygen atoms in total. The van der Waals surface area contributed by atoms with E-state index in [1.807, 2.05) is 42.5 Å². The molecule has 0 amide bonds. The molecule has 0 saturated heterocycles. The summed E-state index contributed by atoms with van der Waals surface area (Å²) >= 11 is 0. The SMILES string of the molecule is COc1ccc(NC(N)=NCc2ccc(OC)cc2OC)cc1.I. The number of nitrogens with one attached hydrogen (secondary N) is 1. The number of methoxy groups -OCH3 is 3. The van der Waals surface area contributed by atoms with Crippen LogP contribution in [0.4, 0.5) is 5.69 Å². The topological polar surface area (TPSA) is 78.1 Å². The Bertz CT molecular complexity index is 675. The zero-order valence-corrected chi connectivity index (χ0v) is 16.2. The maximum absolute atomic E-state index is 5.91. The third kappa shape index (κ3) is 5.48. The van der Waals surface area contributed by atoms with Crippen LogP contribution in [0.3, 0.4) is 0 Å². The number of ether oxygens (including phenoxy) is 3. The molecule has 2 aromatic carbocycles. The fourth-order valence-electron chi connectivity index (χ4n) is 2.01. The van der Waals surface area contributed by atoms with E-state index in [0.717, 1.165) is 22.7 Å². The molecule has 0 bridgehead atoms. The number of nitrogens with two attached hydrogens (primary N) is 1. The molecule has 0 aliphatic heterocycles. The van der Waals surface area contributed by atoms with Gasteiger partial charge < -0.3 is 25.3 Å². The lowest BCUT2D eigenvalue weighted by Crippen LogP contribution is -2.22. The minimum Gasteiger partial charge on any atom is -0.497 e. The fraction of sp³-hybridized carbons (Fsp3) is 0.235. The minimum absolute atomic E-state index is 0. The van der Waals surface area contributed by atoms with Gasteiger partial charge in [0.25, 0.3) is 0 Å². The largest absolute Gasteiger partial charge is 0.497 e. The Labute approximate surface area is 159 Å². The van der Waals surface area contributed by atoms with Crippen molar-refractivity contribution in [3.63, 3.8) is 0 Å². The second-order valence-corrected chi connectivity index (χ2v) is 4.73. The molecular weight excluding hydrogens is 421 g/mol.